The Hall–Kier alpha value is -1.26. The van der Waals surface area contributed by atoms with E-state index in [-0.39, 0.29) is 5.91 Å². The fraction of sp³-hybridized carbons (Fsp3) is 0.778. The Kier molecular flexibility index (Phi) is 12.8. The largest absolute Gasteiger partial charge is 0.356 e. The maximum Gasteiger partial charge on any atom is 0.312 e. The van der Waals surface area contributed by atoms with Gasteiger partial charge >= 0.3 is 6.03 Å². The first-order chi connectivity index (χ1) is 6.66. The minimum absolute atomic E-state index is 0.0223. The van der Waals surface area contributed by atoms with Crippen molar-refractivity contribution in [1.29, 1.82) is 0 Å². The van der Waals surface area contributed by atoms with Crippen LogP contribution < -0.4 is 16.4 Å². The number of primary amides is 1. The van der Waals surface area contributed by atoms with E-state index < -0.39 is 6.03 Å². The van der Waals surface area contributed by atoms with Gasteiger partial charge < -0.3 is 16.4 Å². The summed E-state index contributed by atoms with van der Waals surface area (Å²) in [5.41, 5.74) is 4.82. The van der Waals surface area contributed by atoms with Crippen LogP contribution in [-0.2, 0) is 4.79 Å². The van der Waals surface area contributed by atoms with Gasteiger partial charge in [-0.3, -0.25) is 4.79 Å². The first-order valence-electron chi connectivity index (χ1n) is 4.96. The molecule has 0 saturated carbocycles. The number of hydrogen-bond donors (Lipinski definition) is 3. The molecule has 0 aliphatic rings. The highest BCUT2D eigenvalue weighted by Crippen LogP contribution is 1.77. The van der Waals surface area contributed by atoms with Crippen LogP contribution in [0.3, 0.4) is 0 Å². The molecule has 0 unspecified atom stereocenters. The van der Waals surface area contributed by atoms with Gasteiger partial charge in [0.1, 0.15) is 0 Å². The molecule has 0 aromatic carbocycles. The van der Waals surface area contributed by atoms with Gasteiger partial charge in [0.05, 0.1) is 0 Å². The van der Waals surface area contributed by atoms with Gasteiger partial charge in [-0.05, 0) is 6.42 Å². The van der Waals surface area contributed by atoms with Crippen molar-refractivity contribution in [3.05, 3.63) is 0 Å². The smallest absolute Gasteiger partial charge is 0.312 e. The Morgan fingerprint density at radius 1 is 1.14 bits per heavy atom. The van der Waals surface area contributed by atoms with Gasteiger partial charge in [0, 0.05) is 19.5 Å². The fourth-order valence-electron chi connectivity index (χ4n) is 0.653. The average Bonchev–Trinajstić information content (AvgIpc) is 2.19. The molecule has 0 aromatic rings. The number of nitrogens with one attached hydrogen (secondary N) is 2. The molecule has 0 bridgehead atoms. The summed E-state index contributed by atoms with van der Waals surface area (Å²) in [4.78, 5) is 20.9. The molecule has 0 heterocycles. The van der Waals surface area contributed by atoms with Gasteiger partial charge in [-0.15, -0.1) is 0 Å². The summed E-state index contributed by atoms with van der Waals surface area (Å²) in [5.74, 6) is 0.0223. The van der Waals surface area contributed by atoms with Gasteiger partial charge in [0.2, 0.25) is 5.91 Å². The van der Waals surface area contributed by atoms with E-state index in [0.29, 0.717) is 25.9 Å². The van der Waals surface area contributed by atoms with Crippen LogP contribution in [0.2, 0.25) is 0 Å². The van der Waals surface area contributed by atoms with Crippen LogP contribution in [0.1, 0.15) is 33.6 Å². The number of hydrogen-bond acceptors (Lipinski definition) is 2. The number of urea groups is 1. The Morgan fingerprint density at radius 3 is 2.07 bits per heavy atom. The molecule has 4 N–H and O–H groups in total. The van der Waals surface area contributed by atoms with Crippen molar-refractivity contribution in [1.82, 2.24) is 10.6 Å². The number of carbonyl (C=O) groups is 2. The average molecular weight is 203 g/mol. The molecule has 0 saturated heterocycles. The van der Waals surface area contributed by atoms with Crippen molar-refractivity contribution >= 4 is 11.9 Å². The third-order valence-electron chi connectivity index (χ3n) is 1.30. The second-order valence-electron chi connectivity index (χ2n) is 2.35. The maximum absolute atomic E-state index is 10.7. The highest BCUT2D eigenvalue weighted by molar-refractivity contribution is 5.75. The minimum atomic E-state index is -0.531. The van der Waals surface area contributed by atoms with Crippen molar-refractivity contribution in [2.45, 2.75) is 33.6 Å². The summed E-state index contributed by atoms with van der Waals surface area (Å²) in [6.45, 7) is 6.86. The summed E-state index contributed by atoms with van der Waals surface area (Å²) in [6, 6.07) is -0.531. The highest BCUT2D eigenvalue weighted by atomic mass is 16.2. The molecular formula is C9H21N3O2. The summed E-state index contributed by atoms with van der Waals surface area (Å²) >= 11 is 0. The molecule has 5 heteroatoms. The van der Waals surface area contributed by atoms with E-state index >= 15 is 0 Å². The molecule has 0 aromatic heterocycles. The minimum Gasteiger partial charge on any atom is -0.356 e. The molecule has 0 rings (SSSR count). The standard InChI is InChI=1S/C7H15N3O2.C2H6/c1-2-6(11)9-4-3-5-10-7(8)12;1-2/h2-5H2,1H3,(H,9,11)(H3,8,10,12);1-2H3. The molecule has 3 amide bonds. The zero-order chi connectivity index (χ0) is 11.4. The van der Waals surface area contributed by atoms with E-state index in [4.69, 9.17) is 5.73 Å². The molecule has 0 radical (unpaired) electrons. The van der Waals surface area contributed by atoms with Crippen molar-refractivity contribution in [3.63, 3.8) is 0 Å². The van der Waals surface area contributed by atoms with Crippen molar-refractivity contribution in [3.8, 4) is 0 Å². The number of nitrogens with two attached hydrogens (primary N) is 1. The Bertz CT molecular complexity index is 160. The second kappa shape index (κ2) is 11.7. The van der Waals surface area contributed by atoms with Crippen LogP contribution in [0.15, 0.2) is 0 Å². The van der Waals surface area contributed by atoms with Crippen molar-refractivity contribution in [2.75, 3.05) is 13.1 Å². The van der Waals surface area contributed by atoms with Gasteiger partial charge in [-0.1, -0.05) is 20.8 Å². The van der Waals surface area contributed by atoms with E-state index in [2.05, 4.69) is 10.6 Å². The van der Waals surface area contributed by atoms with E-state index in [0.717, 1.165) is 0 Å². The SMILES string of the molecule is CC.CCC(=O)NCCCNC(N)=O. The third-order valence-corrected chi connectivity index (χ3v) is 1.30. The molecule has 84 valence electrons. The number of rotatable bonds is 5. The maximum atomic E-state index is 10.7. The number of amides is 3. The molecular weight excluding hydrogens is 182 g/mol. The molecule has 14 heavy (non-hydrogen) atoms. The lowest BCUT2D eigenvalue weighted by atomic mass is 10.4. The second-order valence-corrected chi connectivity index (χ2v) is 2.35. The van der Waals surface area contributed by atoms with Crippen LogP contribution in [0.4, 0.5) is 4.79 Å². The Morgan fingerprint density at radius 2 is 1.64 bits per heavy atom. The van der Waals surface area contributed by atoms with Crippen molar-refractivity contribution < 1.29 is 9.59 Å². The molecule has 0 aliphatic carbocycles. The zero-order valence-corrected chi connectivity index (χ0v) is 9.22. The first kappa shape index (κ1) is 15.2. The fourth-order valence-corrected chi connectivity index (χ4v) is 0.653. The Balaban J connectivity index is 0. The van der Waals surface area contributed by atoms with E-state index in [1.54, 1.807) is 6.92 Å². The summed E-state index contributed by atoms with van der Waals surface area (Å²) in [7, 11) is 0. The van der Waals surface area contributed by atoms with Gasteiger partial charge in [0.15, 0.2) is 0 Å². The lowest BCUT2D eigenvalue weighted by Gasteiger charge is -2.03. The predicted molar refractivity (Wildman–Crippen MR) is 56.9 cm³/mol. The highest BCUT2D eigenvalue weighted by Gasteiger charge is 1.95. The Labute approximate surface area is 85.4 Å². The number of carbonyl (C=O) groups excluding carboxylic acids is 2. The first-order valence-corrected chi connectivity index (χ1v) is 4.96. The lowest BCUT2D eigenvalue weighted by molar-refractivity contribution is -0.120. The van der Waals surface area contributed by atoms with E-state index in [9.17, 15) is 9.59 Å². The monoisotopic (exact) mass is 203 g/mol. The summed E-state index contributed by atoms with van der Waals surface area (Å²) < 4.78 is 0. The van der Waals surface area contributed by atoms with Crippen LogP contribution in [-0.4, -0.2) is 25.0 Å². The topological polar surface area (TPSA) is 84.2 Å². The molecule has 5 nitrogen and oxygen atoms in total. The molecule has 0 fully saturated rings. The van der Waals surface area contributed by atoms with Crippen LogP contribution >= 0.6 is 0 Å². The van der Waals surface area contributed by atoms with Crippen LogP contribution in [0.25, 0.3) is 0 Å². The van der Waals surface area contributed by atoms with Gasteiger partial charge in [-0.25, -0.2) is 4.79 Å². The van der Waals surface area contributed by atoms with Crippen molar-refractivity contribution in [2.24, 2.45) is 5.73 Å². The third kappa shape index (κ3) is 13.3. The zero-order valence-electron chi connectivity index (χ0n) is 9.22. The quantitative estimate of drug-likeness (QED) is 0.571. The molecule has 0 aliphatic heterocycles. The van der Waals surface area contributed by atoms with Crippen LogP contribution in [0, 0.1) is 0 Å². The molecule has 0 atom stereocenters. The molecule has 0 spiro atoms. The van der Waals surface area contributed by atoms with Gasteiger partial charge in [-0.2, -0.15) is 0 Å². The summed E-state index contributed by atoms with van der Waals surface area (Å²) in [5, 5.41) is 5.10. The normalized spacial score (nSPS) is 8.21. The van der Waals surface area contributed by atoms with Gasteiger partial charge in [0.25, 0.3) is 0 Å². The van der Waals surface area contributed by atoms with E-state index in [1.807, 2.05) is 13.8 Å². The van der Waals surface area contributed by atoms with E-state index in [1.165, 1.54) is 0 Å². The van der Waals surface area contributed by atoms with Crippen LogP contribution in [0.5, 0.6) is 0 Å². The lowest BCUT2D eigenvalue weighted by Crippen LogP contribution is -2.32. The summed E-state index contributed by atoms with van der Waals surface area (Å²) in [6.07, 6.45) is 1.19. The predicted octanol–water partition coefficient (Wildman–Crippen LogP) is 0.597.